The average Bonchev–Trinajstić information content (AvgIpc) is 2.78. The molecule has 2 aromatic carbocycles. The number of esters is 1. The second-order valence-electron chi connectivity index (χ2n) is 6.23. The number of rotatable bonds is 6. The van der Waals surface area contributed by atoms with Crippen molar-refractivity contribution in [2.75, 3.05) is 32.9 Å². The van der Waals surface area contributed by atoms with E-state index in [1.165, 1.54) is 52.8 Å². The van der Waals surface area contributed by atoms with Crippen LogP contribution in [0.1, 0.15) is 26.3 Å². The summed E-state index contributed by atoms with van der Waals surface area (Å²) in [6.07, 6.45) is 0. The normalized spacial score (nSPS) is 14.7. The first-order chi connectivity index (χ1) is 13.9. The maximum absolute atomic E-state index is 12.6. The molecule has 0 saturated carbocycles. The average molecular weight is 414 g/mol. The van der Waals surface area contributed by atoms with Crippen LogP contribution in [-0.2, 0) is 19.5 Å². The van der Waals surface area contributed by atoms with Crippen LogP contribution in [-0.4, -0.2) is 57.4 Å². The topological polar surface area (TPSA) is 114 Å². The van der Waals surface area contributed by atoms with Crippen molar-refractivity contribution in [1.82, 2.24) is 4.31 Å². The predicted octanol–water partition coefficient (Wildman–Crippen LogP) is 1.62. The Morgan fingerprint density at radius 3 is 2.17 bits per heavy atom. The molecule has 9 heteroatoms. The van der Waals surface area contributed by atoms with Gasteiger partial charge in [0.05, 0.1) is 35.3 Å². The fraction of sp³-hybridized carbons (Fsp3) is 0.250. The lowest BCUT2D eigenvalue weighted by molar-refractivity contribution is 0.0474. The van der Waals surface area contributed by atoms with Gasteiger partial charge in [0, 0.05) is 18.7 Å². The third-order valence-electron chi connectivity index (χ3n) is 4.37. The van der Waals surface area contributed by atoms with E-state index in [0.717, 1.165) is 0 Å². The molecule has 0 spiro atoms. The monoisotopic (exact) mass is 414 g/mol. The van der Waals surface area contributed by atoms with E-state index < -0.39 is 28.4 Å². The van der Waals surface area contributed by atoms with Crippen molar-refractivity contribution in [3.63, 3.8) is 0 Å². The Hall–Kier alpha value is -3.06. The lowest BCUT2D eigenvalue weighted by Gasteiger charge is -2.26. The van der Waals surface area contributed by atoms with Gasteiger partial charge in [-0.15, -0.1) is 0 Å². The van der Waals surface area contributed by atoms with Gasteiger partial charge in [-0.1, -0.05) is 0 Å². The maximum atomic E-state index is 12.6. The summed E-state index contributed by atoms with van der Waals surface area (Å²) in [5.74, 6) is -1.14. The van der Waals surface area contributed by atoms with Crippen molar-refractivity contribution >= 4 is 21.8 Å². The number of carbonyl (C=O) groups excluding carboxylic acids is 2. The molecule has 3 rings (SSSR count). The zero-order valence-corrected chi connectivity index (χ0v) is 16.2. The van der Waals surface area contributed by atoms with Gasteiger partial charge < -0.3 is 9.47 Å². The highest BCUT2D eigenvalue weighted by molar-refractivity contribution is 7.89. The standard InChI is InChI=1S/C20H18N2O6S/c21-13-15-1-3-17(4-2-15)20(24)28-14-19(23)16-5-7-18(8-6-16)29(25,26)22-9-11-27-12-10-22/h1-8H,9-12,14H2. The molecular weight excluding hydrogens is 396 g/mol. The summed E-state index contributed by atoms with van der Waals surface area (Å²) < 4.78 is 36.7. The zero-order chi connectivity index (χ0) is 20.9. The van der Waals surface area contributed by atoms with Gasteiger partial charge in [-0.25, -0.2) is 13.2 Å². The summed E-state index contributed by atoms with van der Waals surface area (Å²) in [5, 5.41) is 8.76. The van der Waals surface area contributed by atoms with E-state index >= 15 is 0 Å². The number of nitriles is 1. The summed E-state index contributed by atoms with van der Waals surface area (Å²) in [4.78, 5) is 24.3. The van der Waals surface area contributed by atoms with E-state index in [9.17, 15) is 18.0 Å². The van der Waals surface area contributed by atoms with Crippen LogP contribution in [0.3, 0.4) is 0 Å². The first-order valence-corrected chi connectivity index (χ1v) is 10.2. The first kappa shape index (κ1) is 20.7. The van der Waals surface area contributed by atoms with Gasteiger partial charge in [-0.05, 0) is 48.5 Å². The van der Waals surface area contributed by atoms with Crippen LogP contribution in [0.2, 0.25) is 0 Å². The molecule has 1 heterocycles. The van der Waals surface area contributed by atoms with Crippen molar-refractivity contribution in [3.05, 3.63) is 65.2 Å². The number of morpholine rings is 1. The highest BCUT2D eigenvalue weighted by Gasteiger charge is 2.26. The molecule has 0 aromatic heterocycles. The quantitative estimate of drug-likeness (QED) is 0.521. The number of hydrogen-bond acceptors (Lipinski definition) is 7. The number of Topliss-reactive ketones (excluding diaryl/α,β-unsaturated/α-hetero) is 1. The summed E-state index contributed by atoms with van der Waals surface area (Å²) in [6.45, 7) is 0.790. The summed E-state index contributed by atoms with van der Waals surface area (Å²) in [6, 6.07) is 13.3. The molecule has 1 fully saturated rings. The van der Waals surface area contributed by atoms with Crippen LogP contribution in [0.4, 0.5) is 0 Å². The van der Waals surface area contributed by atoms with E-state index in [1.54, 1.807) is 0 Å². The van der Waals surface area contributed by atoms with Crippen molar-refractivity contribution in [1.29, 1.82) is 5.26 Å². The number of nitrogens with zero attached hydrogens (tertiary/aromatic N) is 2. The number of ether oxygens (including phenoxy) is 2. The zero-order valence-electron chi connectivity index (χ0n) is 15.4. The molecule has 0 N–H and O–H groups in total. The van der Waals surface area contributed by atoms with E-state index in [2.05, 4.69) is 0 Å². The van der Waals surface area contributed by atoms with Crippen molar-refractivity contribution in [2.24, 2.45) is 0 Å². The van der Waals surface area contributed by atoms with Crippen LogP contribution in [0.25, 0.3) is 0 Å². The third-order valence-corrected chi connectivity index (χ3v) is 6.28. The highest BCUT2D eigenvalue weighted by atomic mass is 32.2. The molecule has 1 aliphatic heterocycles. The van der Waals surface area contributed by atoms with Crippen LogP contribution >= 0.6 is 0 Å². The van der Waals surface area contributed by atoms with Crippen LogP contribution in [0, 0.1) is 11.3 Å². The summed E-state index contributed by atoms with van der Waals surface area (Å²) >= 11 is 0. The molecule has 0 atom stereocenters. The number of hydrogen-bond donors (Lipinski definition) is 0. The molecule has 0 aliphatic carbocycles. The van der Waals surface area contributed by atoms with E-state index in [1.807, 2.05) is 6.07 Å². The minimum absolute atomic E-state index is 0.0885. The minimum atomic E-state index is -3.64. The third kappa shape index (κ3) is 4.86. The van der Waals surface area contributed by atoms with Gasteiger partial charge in [-0.2, -0.15) is 9.57 Å². The van der Waals surface area contributed by atoms with Crippen LogP contribution in [0.5, 0.6) is 0 Å². The van der Waals surface area contributed by atoms with Gasteiger partial charge in [-0.3, -0.25) is 4.79 Å². The minimum Gasteiger partial charge on any atom is -0.454 e. The van der Waals surface area contributed by atoms with E-state index in [0.29, 0.717) is 18.8 Å². The number of benzene rings is 2. The molecule has 1 saturated heterocycles. The molecule has 0 bridgehead atoms. The molecule has 2 aromatic rings. The second kappa shape index (κ2) is 8.96. The highest BCUT2D eigenvalue weighted by Crippen LogP contribution is 2.18. The lowest BCUT2D eigenvalue weighted by Crippen LogP contribution is -2.40. The SMILES string of the molecule is N#Cc1ccc(C(=O)OCC(=O)c2ccc(S(=O)(=O)N3CCOCC3)cc2)cc1. The van der Waals surface area contributed by atoms with Gasteiger partial charge in [0.2, 0.25) is 10.0 Å². The number of carbonyl (C=O) groups is 2. The van der Waals surface area contributed by atoms with E-state index in [-0.39, 0.29) is 29.1 Å². The molecule has 0 radical (unpaired) electrons. The molecule has 0 unspecified atom stereocenters. The van der Waals surface area contributed by atoms with Gasteiger partial charge >= 0.3 is 5.97 Å². The van der Waals surface area contributed by atoms with Crippen LogP contribution in [0.15, 0.2) is 53.4 Å². The van der Waals surface area contributed by atoms with Crippen LogP contribution < -0.4 is 0 Å². The lowest BCUT2D eigenvalue weighted by atomic mass is 10.1. The Kier molecular flexibility index (Phi) is 6.39. The van der Waals surface area contributed by atoms with Crippen molar-refractivity contribution < 1.29 is 27.5 Å². The molecule has 1 aliphatic rings. The smallest absolute Gasteiger partial charge is 0.338 e. The fourth-order valence-corrected chi connectivity index (χ4v) is 4.14. The van der Waals surface area contributed by atoms with Crippen molar-refractivity contribution in [2.45, 2.75) is 4.90 Å². The Bertz CT molecular complexity index is 1030. The number of sulfonamides is 1. The largest absolute Gasteiger partial charge is 0.454 e. The maximum Gasteiger partial charge on any atom is 0.338 e. The first-order valence-electron chi connectivity index (χ1n) is 8.80. The van der Waals surface area contributed by atoms with Gasteiger partial charge in [0.15, 0.2) is 12.4 Å². The summed E-state index contributed by atoms with van der Waals surface area (Å²) in [7, 11) is -3.64. The molecule has 29 heavy (non-hydrogen) atoms. The Morgan fingerprint density at radius 2 is 1.59 bits per heavy atom. The Morgan fingerprint density at radius 1 is 1.00 bits per heavy atom. The summed E-state index contributed by atoms with van der Waals surface area (Å²) in [5.41, 5.74) is 0.868. The molecule has 0 amide bonds. The van der Waals surface area contributed by atoms with Gasteiger partial charge in [0.1, 0.15) is 0 Å². The van der Waals surface area contributed by atoms with Crippen molar-refractivity contribution in [3.8, 4) is 6.07 Å². The predicted molar refractivity (Wildman–Crippen MR) is 102 cm³/mol. The Labute approximate surface area is 168 Å². The number of ketones is 1. The fourth-order valence-electron chi connectivity index (χ4n) is 2.73. The molecule has 150 valence electrons. The van der Waals surface area contributed by atoms with E-state index in [4.69, 9.17) is 14.7 Å². The second-order valence-corrected chi connectivity index (χ2v) is 8.17. The molecular formula is C20H18N2O6S. The van der Waals surface area contributed by atoms with Gasteiger partial charge in [0.25, 0.3) is 0 Å². The Balaban J connectivity index is 1.61. The molecule has 8 nitrogen and oxygen atoms in total.